The first kappa shape index (κ1) is 22.9. The topological polar surface area (TPSA) is 124 Å². The molecule has 0 unspecified atom stereocenters. The van der Waals surface area contributed by atoms with E-state index >= 15 is 0 Å². The zero-order valence-electron chi connectivity index (χ0n) is 20.3. The molecule has 0 aliphatic carbocycles. The van der Waals surface area contributed by atoms with Crippen molar-refractivity contribution in [1.82, 2.24) is 29.9 Å². The van der Waals surface area contributed by atoms with Gasteiger partial charge in [0, 0.05) is 23.0 Å². The highest BCUT2D eigenvalue weighted by Gasteiger charge is 2.17. The van der Waals surface area contributed by atoms with Crippen LogP contribution in [0.2, 0.25) is 0 Å². The van der Waals surface area contributed by atoms with E-state index in [9.17, 15) is 0 Å². The minimum atomic E-state index is 0.322. The predicted octanol–water partition coefficient (Wildman–Crippen LogP) is 4.10. The summed E-state index contributed by atoms with van der Waals surface area (Å²) in [5.74, 6) is 1.24. The van der Waals surface area contributed by atoms with Crippen molar-refractivity contribution in [2.45, 2.75) is 25.4 Å². The Hall–Kier alpha value is -4.50. The van der Waals surface area contributed by atoms with Gasteiger partial charge >= 0.3 is 0 Å². The van der Waals surface area contributed by atoms with Crippen molar-refractivity contribution in [3.63, 3.8) is 0 Å². The summed E-state index contributed by atoms with van der Waals surface area (Å²) in [7, 11) is 0. The molecule has 2 aromatic carbocycles. The van der Waals surface area contributed by atoms with Crippen molar-refractivity contribution in [1.29, 1.82) is 5.41 Å². The van der Waals surface area contributed by atoms with E-state index in [-0.39, 0.29) is 0 Å². The van der Waals surface area contributed by atoms with Crippen LogP contribution >= 0.6 is 0 Å². The molecular weight excluding hydrogens is 464 g/mol. The molecular formula is C28H28N8O. The normalized spacial score (nSPS) is 14.2. The maximum absolute atomic E-state index is 8.35. The average molecular weight is 493 g/mol. The second kappa shape index (κ2) is 9.87. The van der Waals surface area contributed by atoms with Gasteiger partial charge in [0.05, 0.1) is 36.2 Å². The highest BCUT2D eigenvalue weighted by Crippen LogP contribution is 2.28. The van der Waals surface area contributed by atoms with Crippen LogP contribution in [0.25, 0.3) is 34.0 Å². The van der Waals surface area contributed by atoms with Gasteiger partial charge in [-0.25, -0.2) is 9.67 Å². The molecule has 0 radical (unpaired) electrons. The van der Waals surface area contributed by atoms with Crippen LogP contribution in [-0.2, 0) is 6.54 Å². The fraction of sp³-hybridized carbons (Fsp3) is 0.214. The number of aromatic nitrogens is 5. The smallest absolute Gasteiger partial charge is 0.226 e. The van der Waals surface area contributed by atoms with Crippen LogP contribution < -0.4 is 16.5 Å². The summed E-state index contributed by atoms with van der Waals surface area (Å²) in [6.45, 7) is 2.48. The molecule has 1 aliphatic rings. The Morgan fingerprint density at radius 2 is 1.81 bits per heavy atom. The minimum Gasteiger partial charge on any atom is -0.436 e. The lowest BCUT2D eigenvalue weighted by Crippen LogP contribution is -2.29. The van der Waals surface area contributed by atoms with E-state index in [1.165, 1.54) is 0 Å². The molecule has 4 heterocycles. The number of nitrogens with two attached hydrogens (primary N) is 1. The van der Waals surface area contributed by atoms with E-state index in [0.29, 0.717) is 35.4 Å². The number of piperidine rings is 1. The second-order valence-electron chi connectivity index (χ2n) is 9.31. The predicted molar refractivity (Wildman–Crippen MR) is 141 cm³/mol. The third-order valence-corrected chi connectivity index (χ3v) is 6.67. The summed E-state index contributed by atoms with van der Waals surface area (Å²) in [6, 6.07) is 19.6. The number of nitrogens with one attached hydrogen (secondary N) is 2. The van der Waals surface area contributed by atoms with Gasteiger partial charge in [-0.05, 0) is 67.9 Å². The van der Waals surface area contributed by atoms with Gasteiger partial charge in [0.15, 0.2) is 5.76 Å². The lowest BCUT2D eigenvalue weighted by Gasteiger charge is -2.22. The molecule has 0 spiro atoms. The number of rotatable bonds is 6. The SMILES string of the molecule is N=c1ccc(-c2cccc(N)c2)nn1Cc1cccc(-c2ncc(-c3cnn(C4CCNCC4)c3)o2)c1. The Morgan fingerprint density at radius 1 is 0.973 bits per heavy atom. The van der Waals surface area contributed by atoms with Crippen LogP contribution in [0.15, 0.2) is 83.7 Å². The van der Waals surface area contributed by atoms with Crippen LogP contribution in [0.3, 0.4) is 0 Å². The first-order valence-corrected chi connectivity index (χ1v) is 12.4. The van der Waals surface area contributed by atoms with Crippen LogP contribution in [0.4, 0.5) is 5.69 Å². The number of nitrogen functional groups attached to an aromatic ring is 1. The molecule has 186 valence electrons. The number of benzene rings is 2. The van der Waals surface area contributed by atoms with E-state index in [1.807, 2.05) is 71.7 Å². The van der Waals surface area contributed by atoms with Crippen LogP contribution in [0, 0.1) is 5.41 Å². The van der Waals surface area contributed by atoms with E-state index < -0.39 is 0 Å². The second-order valence-corrected chi connectivity index (χ2v) is 9.31. The standard InChI is InChI=1S/C28H28N8O/c29-23-6-2-4-20(14-23)25-7-8-27(30)36(34-25)17-19-3-1-5-21(13-19)28-32-16-26(37-28)22-15-33-35(18-22)24-9-11-31-12-10-24/h1-8,13-16,18,24,30-31H,9-12,17,29H2. The lowest BCUT2D eigenvalue weighted by molar-refractivity contribution is 0.343. The highest BCUT2D eigenvalue weighted by atomic mass is 16.4. The Morgan fingerprint density at radius 3 is 2.68 bits per heavy atom. The average Bonchev–Trinajstić information content (AvgIpc) is 3.61. The minimum absolute atomic E-state index is 0.322. The summed E-state index contributed by atoms with van der Waals surface area (Å²) in [4.78, 5) is 4.53. The maximum atomic E-state index is 8.35. The van der Waals surface area contributed by atoms with Crippen LogP contribution in [0.5, 0.6) is 0 Å². The maximum Gasteiger partial charge on any atom is 0.226 e. The van der Waals surface area contributed by atoms with Gasteiger partial charge < -0.3 is 15.5 Å². The summed E-state index contributed by atoms with van der Waals surface area (Å²) >= 11 is 0. The van der Waals surface area contributed by atoms with Crippen molar-refractivity contribution in [2.75, 3.05) is 18.8 Å². The molecule has 0 saturated carbocycles. The lowest BCUT2D eigenvalue weighted by atomic mass is 10.1. The van der Waals surface area contributed by atoms with Crippen molar-refractivity contribution in [2.24, 2.45) is 0 Å². The Bertz CT molecular complexity index is 1590. The van der Waals surface area contributed by atoms with Crippen LogP contribution in [0.1, 0.15) is 24.4 Å². The largest absolute Gasteiger partial charge is 0.436 e. The van der Waals surface area contributed by atoms with Crippen LogP contribution in [-0.4, -0.2) is 37.6 Å². The van der Waals surface area contributed by atoms with Gasteiger partial charge in [0.25, 0.3) is 0 Å². The summed E-state index contributed by atoms with van der Waals surface area (Å²) in [5, 5.41) is 21.0. The molecule has 4 N–H and O–H groups in total. The summed E-state index contributed by atoms with van der Waals surface area (Å²) in [6.07, 6.45) is 7.78. The molecule has 1 aliphatic heterocycles. The fourth-order valence-electron chi connectivity index (χ4n) is 4.69. The fourth-order valence-corrected chi connectivity index (χ4v) is 4.69. The third-order valence-electron chi connectivity index (χ3n) is 6.67. The number of anilines is 1. The third kappa shape index (κ3) is 4.94. The molecule has 1 saturated heterocycles. The van der Waals surface area contributed by atoms with Gasteiger partial charge in [0.1, 0.15) is 5.49 Å². The Kier molecular flexibility index (Phi) is 6.11. The van der Waals surface area contributed by atoms with Crippen molar-refractivity contribution < 1.29 is 4.42 Å². The van der Waals surface area contributed by atoms with Gasteiger partial charge in [-0.2, -0.15) is 10.2 Å². The van der Waals surface area contributed by atoms with E-state index in [2.05, 4.69) is 20.5 Å². The molecule has 9 nitrogen and oxygen atoms in total. The van der Waals surface area contributed by atoms with Gasteiger partial charge in [-0.1, -0.05) is 24.3 Å². The molecule has 0 atom stereocenters. The molecule has 0 amide bonds. The molecule has 6 rings (SSSR count). The van der Waals surface area contributed by atoms with E-state index in [0.717, 1.165) is 53.9 Å². The molecule has 37 heavy (non-hydrogen) atoms. The zero-order chi connectivity index (χ0) is 25.2. The van der Waals surface area contributed by atoms with Gasteiger partial charge in [0.2, 0.25) is 5.89 Å². The van der Waals surface area contributed by atoms with Gasteiger partial charge in [-0.15, -0.1) is 0 Å². The highest BCUT2D eigenvalue weighted by molar-refractivity contribution is 5.63. The number of hydrogen-bond acceptors (Lipinski definition) is 7. The van der Waals surface area contributed by atoms with Crippen molar-refractivity contribution in [3.8, 4) is 34.0 Å². The van der Waals surface area contributed by atoms with Crippen molar-refractivity contribution >= 4 is 5.69 Å². The summed E-state index contributed by atoms with van der Waals surface area (Å²) < 4.78 is 9.84. The van der Waals surface area contributed by atoms with E-state index in [4.69, 9.17) is 15.6 Å². The first-order chi connectivity index (χ1) is 18.1. The monoisotopic (exact) mass is 492 g/mol. The molecule has 9 heteroatoms. The Balaban J connectivity index is 1.22. The number of oxazole rings is 1. The molecule has 3 aromatic heterocycles. The first-order valence-electron chi connectivity index (χ1n) is 12.4. The molecule has 5 aromatic rings. The number of nitrogens with zero attached hydrogens (tertiary/aromatic N) is 5. The van der Waals surface area contributed by atoms with Gasteiger partial charge in [-0.3, -0.25) is 10.1 Å². The van der Waals surface area contributed by atoms with E-state index in [1.54, 1.807) is 16.9 Å². The molecule has 1 fully saturated rings. The number of hydrogen-bond donors (Lipinski definition) is 3. The van der Waals surface area contributed by atoms with Crippen molar-refractivity contribution in [3.05, 3.63) is 90.3 Å². The quantitative estimate of drug-likeness (QED) is 0.307. The summed E-state index contributed by atoms with van der Waals surface area (Å²) in [5.41, 5.74) is 11.4. The zero-order valence-corrected chi connectivity index (χ0v) is 20.3. The molecule has 0 bridgehead atoms. The Labute approximate surface area is 214 Å².